The number of nitrogens with one attached hydrogen (secondary N) is 1. The van der Waals surface area contributed by atoms with Gasteiger partial charge in [0.1, 0.15) is 0 Å². The Balaban J connectivity index is 2.57. The van der Waals surface area contributed by atoms with Crippen LogP contribution < -0.4 is 5.32 Å². The average molecular weight is 269 g/mol. The second-order valence-electron chi connectivity index (χ2n) is 5.98. The van der Waals surface area contributed by atoms with Gasteiger partial charge in [-0.25, -0.2) is 0 Å². The van der Waals surface area contributed by atoms with Crippen LogP contribution in [0.5, 0.6) is 0 Å². The van der Waals surface area contributed by atoms with Crippen molar-refractivity contribution in [1.82, 2.24) is 15.1 Å². The first-order valence-electron chi connectivity index (χ1n) is 7.72. The summed E-state index contributed by atoms with van der Waals surface area (Å²) < 4.78 is 0. The lowest BCUT2D eigenvalue weighted by molar-refractivity contribution is -0.137. The molecule has 0 radical (unpaired) electrons. The molecule has 1 unspecified atom stereocenters. The normalized spacial score (nSPS) is 17.9. The second-order valence-corrected chi connectivity index (χ2v) is 5.98. The quantitative estimate of drug-likeness (QED) is 0.726. The first-order valence-corrected chi connectivity index (χ1v) is 7.72. The summed E-state index contributed by atoms with van der Waals surface area (Å²) >= 11 is 0. The standard InChI is InChI=1S/C15H31N3O/c1-5-16-12-13(2)15(19)18(11-10-17(3)4)14-8-6-7-9-14/h13-14,16H,5-12H2,1-4H3. The molecule has 0 aromatic heterocycles. The van der Waals surface area contributed by atoms with Gasteiger partial charge in [-0.05, 0) is 33.5 Å². The van der Waals surface area contributed by atoms with Gasteiger partial charge in [-0.1, -0.05) is 26.7 Å². The van der Waals surface area contributed by atoms with E-state index in [4.69, 9.17) is 0 Å². The number of carbonyl (C=O) groups excluding carboxylic acids is 1. The Kier molecular flexibility index (Phi) is 7.39. The molecule has 1 aliphatic rings. The Morgan fingerprint density at radius 3 is 2.42 bits per heavy atom. The fraction of sp³-hybridized carbons (Fsp3) is 0.933. The fourth-order valence-electron chi connectivity index (χ4n) is 2.73. The van der Waals surface area contributed by atoms with Crippen molar-refractivity contribution in [3.63, 3.8) is 0 Å². The molecule has 0 aromatic rings. The molecular formula is C15H31N3O. The summed E-state index contributed by atoms with van der Waals surface area (Å²) in [4.78, 5) is 16.9. The van der Waals surface area contributed by atoms with Crippen LogP contribution in [0.4, 0.5) is 0 Å². The number of nitrogens with zero attached hydrogens (tertiary/aromatic N) is 2. The van der Waals surface area contributed by atoms with E-state index in [-0.39, 0.29) is 5.92 Å². The highest BCUT2D eigenvalue weighted by molar-refractivity contribution is 5.79. The number of amides is 1. The summed E-state index contributed by atoms with van der Waals surface area (Å²) in [7, 11) is 4.14. The molecule has 19 heavy (non-hydrogen) atoms. The molecule has 0 aromatic carbocycles. The van der Waals surface area contributed by atoms with Crippen LogP contribution in [0.1, 0.15) is 39.5 Å². The SMILES string of the molecule is CCNCC(C)C(=O)N(CCN(C)C)C1CCCC1. The third kappa shape index (κ3) is 5.49. The first kappa shape index (κ1) is 16.4. The molecule has 0 spiro atoms. The van der Waals surface area contributed by atoms with Crippen LogP contribution in [-0.4, -0.2) is 62.0 Å². The zero-order chi connectivity index (χ0) is 14.3. The largest absolute Gasteiger partial charge is 0.338 e. The second kappa shape index (κ2) is 8.54. The zero-order valence-corrected chi connectivity index (χ0v) is 13.1. The predicted octanol–water partition coefficient (Wildman–Crippen LogP) is 1.56. The van der Waals surface area contributed by atoms with E-state index in [1.165, 1.54) is 25.7 Å². The lowest BCUT2D eigenvalue weighted by Gasteiger charge is -2.32. The van der Waals surface area contributed by atoms with Crippen LogP contribution in [0.2, 0.25) is 0 Å². The summed E-state index contributed by atoms with van der Waals surface area (Å²) in [5, 5.41) is 3.28. The summed E-state index contributed by atoms with van der Waals surface area (Å²) in [5.74, 6) is 0.414. The smallest absolute Gasteiger partial charge is 0.226 e. The van der Waals surface area contributed by atoms with Crippen molar-refractivity contribution in [2.75, 3.05) is 40.3 Å². The molecule has 4 heteroatoms. The Labute approximate surface area is 118 Å². The van der Waals surface area contributed by atoms with Gasteiger partial charge in [-0.2, -0.15) is 0 Å². The molecule has 0 aliphatic heterocycles. The molecule has 0 bridgehead atoms. The van der Waals surface area contributed by atoms with Crippen molar-refractivity contribution in [3.8, 4) is 0 Å². The summed E-state index contributed by atoms with van der Waals surface area (Å²) in [6.45, 7) is 7.67. The van der Waals surface area contributed by atoms with Gasteiger partial charge in [0.15, 0.2) is 0 Å². The topological polar surface area (TPSA) is 35.6 Å². The minimum atomic E-state index is 0.0858. The van der Waals surface area contributed by atoms with Crippen molar-refractivity contribution < 1.29 is 4.79 Å². The summed E-state index contributed by atoms with van der Waals surface area (Å²) in [5.41, 5.74) is 0. The van der Waals surface area contributed by atoms with Gasteiger partial charge in [0.25, 0.3) is 0 Å². The molecule has 1 saturated carbocycles. The molecule has 112 valence electrons. The van der Waals surface area contributed by atoms with Gasteiger partial charge < -0.3 is 15.1 Å². The van der Waals surface area contributed by atoms with Gasteiger partial charge in [0.2, 0.25) is 5.91 Å². The van der Waals surface area contributed by atoms with E-state index < -0.39 is 0 Å². The summed E-state index contributed by atoms with van der Waals surface area (Å²) in [6.07, 6.45) is 4.93. The highest BCUT2D eigenvalue weighted by atomic mass is 16.2. The van der Waals surface area contributed by atoms with Crippen LogP contribution in [0, 0.1) is 5.92 Å². The van der Waals surface area contributed by atoms with Crippen molar-refractivity contribution >= 4 is 5.91 Å². The van der Waals surface area contributed by atoms with Crippen LogP contribution in [0.25, 0.3) is 0 Å². The van der Waals surface area contributed by atoms with Crippen molar-refractivity contribution in [2.24, 2.45) is 5.92 Å². The number of rotatable bonds is 8. The maximum absolute atomic E-state index is 12.6. The van der Waals surface area contributed by atoms with E-state index in [0.29, 0.717) is 11.9 Å². The van der Waals surface area contributed by atoms with E-state index >= 15 is 0 Å². The fourth-order valence-corrected chi connectivity index (χ4v) is 2.73. The van der Waals surface area contributed by atoms with Crippen LogP contribution in [0.15, 0.2) is 0 Å². The van der Waals surface area contributed by atoms with Crippen molar-refractivity contribution in [1.29, 1.82) is 0 Å². The monoisotopic (exact) mass is 269 g/mol. The minimum Gasteiger partial charge on any atom is -0.338 e. The number of carbonyl (C=O) groups is 1. The van der Waals surface area contributed by atoms with E-state index in [1.54, 1.807) is 0 Å². The molecule has 1 atom stereocenters. The number of likely N-dealkylation sites (N-methyl/N-ethyl adjacent to an activating group) is 1. The van der Waals surface area contributed by atoms with Gasteiger partial charge in [0.05, 0.1) is 0 Å². The van der Waals surface area contributed by atoms with E-state index in [1.807, 2.05) is 6.92 Å². The molecule has 0 heterocycles. The third-order valence-corrected chi connectivity index (χ3v) is 3.96. The number of hydrogen-bond donors (Lipinski definition) is 1. The molecular weight excluding hydrogens is 238 g/mol. The third-order valence-electron chi connectivity index (χ3n) is 3.96. The van der Waals surface area contributed by atoms with Gasteiger partial charge >= 0.3 is 0 Å². The molecule has 1 aliphatic carbocycles. The predicted molar refractivity (Wildman–Crippen MR) is 80.2 cm³/mol. The lowest BCUT2D eigenvalue weighted by Crippen LogP contribution is -2.46. The van der Waals surface area contributed by atoms with Crippen molar-refractivity contribution in [2.45, 2.75) is 45.6 Å². The van der Waals surface area contributed by atoms with Crippen LogP contribution >= 0.6 is 0 Å². The Bertz CT molecular complexity index is 262. The molecule has 1 N–H and O–H groups in total. The number of hydrogen-bond acceptors (Lipinski definition) is 3. The van der Waals surface area contributed by atoms with E-state index in [9.17, 15) is 4.79 Å². The lowest BCUT2D eigenvalue weighted by atomic mass is 10.1. The van der Waals surface area contributed by atoms with Crippen molar-refractivity contribution in [3.05, 3.63) is 0 Å². The highest BCUT2D eigenvalue weighted by Crippen LogP contribution is 2.24. The van der Waals surface area contributed by atoms with E-state index in [0.717, 1.165) is 26.2 Å². The van der Waals surface area contributed by atoms with Crippen LogP contribution in [0.3, 0.4) is 0 Å². The van der Waals surface area contributed by atoms with Crippen LogP contribution in [-0.2, 0) is 4.79 Å². The Morgan fingerprint density at radius 2 is 1.89 bits per heavy atom. The highest BCUT2D eigenvalue weighted by Gasteiger charge is 2.28. The molecule has 1 amide bonds. The average Bonchev–Trinajstić information content (AvgIpc) is 2.89. The van der Waals surface area contributed by atoms with Gasteiger partial charge in [-0.15, -0.1) is 0 Å². The van der Waals surface area contributed by atoms with Gasteiger partial charge in [0, 0.05) is 31.6 Å². The molecule has 0 saturated heterocycles. The maximum Gasteiger partial charge on any atom is 0.226 e. The first-order chi connectivity index (χ1) is 9.06. The molecule has 4 nitrogen and oxygen atoms in total. The maximum atomic E-state index is 12.6. The Hall–Kier alpha value is -0.610. The van der Waals surface area contributed by atoms with Gasteiger partial charge in [-0.3, -0.25) is 4.79 Å². The minimum absolute atomic E-state index is 0.0858. The Morgan fingerprint density at radius 1 is 1.26 bits per heavy atom. The van der Waals surface area contributed by atoms with E-state index in [2.05, 4.69) is 36.1 Å². The molecule has 1 fully saturated rings. The zero-order valence-electron chi connectivity index (χ0n) is 13.1. The molecule has 1 rings (SSSR count). The summed E-state index contributed by atoms with van der Waals surface area (Å²) in [6, 6.07) is 0.483.